The smallest absolute Gasteiger partial charge is 0.338 e. The van der Waals surface area contributed by atoms with E-state index in [9.17, 15) is 9.59 Å². The first-order chi connectivity index (χ1) is 12.7. The molecule has 0 unspecified atom stereocenters. The molecule has 0 saturated heterocycles. The minimum atomic E-state index is -0.519. The van der Waals surface area contributed by atoms with Gasteiger partial charge in [0.2, 0.25) is 5.89 Å². The van der Waals surface area contributed by atoms with E-state index in [-0.39, 0.29) is 19.2 Å². The number of carbonyl (C=O) groups excluding carboxylic acids is 2. The molecule has 2 aliphatic heterocycles. The lowest BCUT2D eigenvalue weighted by molar-refractivity contribution is -0.136. The highest BCUT2D eigenvalue weighted by Crippen LogP contribution is 2.39. The average molecular weight is 352 g/mol. The monoisotopic (exact) mass is 352 g/mol. The minimum absolute atomic E-state index is 0.0640. The van der Waals surface area contributed by atoms with Crippen molar-refractivity contribution in [3.05, 3.63) is 58.9 Å². The number of carbonyl (C=O) groups is 2. The quantitative estimate of drug-likeness (QED) is 0.846. The molecule has 1 aromatic carbocycles. The van der Waals surface area contributed by atoms with Crippen LogP contribution in [0.2, 0.25) is 0 Å². The SMILES string of the molecule is O=C1OCC2=C1[C@H](c1ccccc1)NC(=O)N2Cc1nc(C2CC2)no1. The van der Waals surface area contributed by atoms with Gasteiger partial charge in [-0.2, -0.15) is 4.98 Å². The summed E-state index contributed by atoms with van der Waals surface area (Å²) >= 11 is 0. The Morgan fingerprint density at radius 1 is 1.19 bits per heavy atom. The number of cyclic esters (lactones) is 1. The lowest BCUT2D eigenvalue weighted by Crippen LogP contribution is -2.46. The van der Waals surface area contributed by atoms with Crippen molar-refractivity contribution >= 4 is 12.0 Å². The van der Waals surface area contributed by atoms with E-state index in [1.54, 1.807) is 0 Å². The molecule has 0 bridgehead atoms. The second-order valence-electron chi connectivity index (χ2n) is 6.64. The summed E-state index contributed by atoms with van der Waals surface area (Å²) in [6, 6.07) is 8.53. The van der Waals surface area contributed by atoms with Crippen molar-refractivity contribution in [3.8, 4) is 0 Å². The molecule has 1 fully saturated rings. The third-order valence-electron chi connectivity index (χ3n) is 4.85. The number of hydrogen-bond acceptors (Lipinski definition) is 6. The second-order valence-corrected chi connectivity index (χ2v) is 6.64. The summed E-state index contributed by atoms with van der Waals surface area (Å²) in [6.45, 7) is 0.178. The van der Waals surface area contributed by atoms with Gasteiger partial charge in [0.05, 0.1) is 17.3 Å². The highest BCUT2D eigenvalue weighted by atomic mass is 16.5. The fourth-order valence-corrected chi connectivity index (χ4v) is 3.35. The fourth-order valence-electron chi connectivity index (χ4n) is 3.35. The average Bonchev–Trinajstić information content (AvgIpc) is 3.29. The van der Waals surface area contributed by atoms with Crippen molar-refractivity contribution in [2.75, 3.05) is 6.61 Å². The first kappa shape index (κ1) is 15.1. The van der Waals surface area contributed by atoms with E-state index < -0.39 is 12.0 Å². The van der Waals surface area contributed by atoms with Crippen LogP contribution in [-0.2, 0) is 16.1 Å². The molecule has 0 spiro atoms. The molecule has 8 heteroatoms. The molecular weight excluding hydrogens is 336 g/mol. The van der Waals surface area contributed by atoms with Crippen molar-refractivity contribution < 1.29 is 18.8 Å². The van der Waals surface area contributed by atoms with Crippen LogP contribution in [0.5, 0.6) is 0 Å². The van der Waals surface area contributed by atoms with Crippen molar-refractivity contribution in [2.45, 2.75) is 31.3 Å². The Balaban J connectivity index is 1.48. The standard InChI is InChI=1S/C18H16N4O4/c23-17-14-12(9-25-17)22(8-13-19-16(21-26-13)11-6-7-11)18(24)20-15(14)10-4-2-1-3-5-10/h1-5,11,15H,6-9H2,(H,20,24)/t15-/m0/s1. The Morgan fingerprint density at radius 3 is 2.77 bits per heavy atom. The van der Waals surface area contributed by atoms with E-state index in [1.165, 1.54) is 4.90 Å². The largest absolute Gasteiger partial charge is 0.456 e. The predicted molar refractivity (Wildman–Crippen MR) is 87.5 cm³/mol. The lowest BCUT2D eigenvalue weighted by atomic mass is 9.96. The maximum Gasteiger partial charge on any atom is 0.338 e. The van der Waals surface area contributed by atoms with Gasteiger partial charge in [-0.25, -0.2) is 9.59 Å². The van der Waals surface area contributed by atoms with Crippen LogP contribution in [0, 0.1) is 0 Å². The Bertz CT molecular complexity index is 916. The fraction of sp³-hybridized carbons (Fsp3) is 0.333. The molecule has 5 rings (SSSR count). The van der Waals surface area contributed by atoms with Gasteiger partial charge in [0.15, 0.2) is 5.82 Å². The molecule has 132 valence electrons. The van der Waals surface area contributed by atoms with E-state index in [0.29, 0.717) is 28.9 Å². The molecule has 1 N–H and O–H groups in total. The van der Waals surface area contributed by atoms with Crippen LogP contribution in [0.15, 0.2) is 46.1 Å². The molecule has 1 aliphatic carbocycles. The van der Waals surface area contributed by atoms with Gasteiger partial charge in [-0.1, -0.05) is 35.5 Å². The summed E-state index contributed by atoms with van der Waals surface area (Å²) in [5, 5.41) is 6.86. The zero-order valence-electron chi connectivity index (χ0n) is 13.8. The Labute approximate surface area is 148 Å². The first-order valence-electron chi connectivity index (χ1n) is 8.56. The van der Waals surface area contributed by atoms with Gasteiger partial charge in [0, 0.05) is 5.92 Å². The zero-order chi connectivity index (χ0) is 17.7. The van der Waals surface area contributed by atoms with Gasteiger partial charge in [-0.05, 0) is 18.4 Å². The van der Waals surface area contributed by atoms with Crippen molar-refractivity contribution in [3.63, 3.8) is 0 Å². The molecule has 26 heavy (non-hydrogen) atoms. The van der Waals surface area contributed by atoms with E-state index in [0.717, 1.165) is 18.4 Å². The molecular formula is C18H16N4O4. The van der Waals surface area contributed by atoms with Gasteiger partial charge in [0.25, 0.3) is 0 Å². The predicted octanol–water partition coefficient (Wildman–Crippen LogP) is 2.02. The maximum atomic E-state index is 12.7. The van der Waals surface area contributed by atoms with Gasteiger partial charge in [0.1, 0.15) is 13.2 Å². The van der Waals surface area contributed by atoms with Crippen LogP contribution in [-0.4, -0.2) is 33.6 Å². The van der Waals surface area contributed by atoms with Crippen LogP contribution in [0.3, 0.4) is 0 Å². The molecule has 8 nitrogen and oxygen atoms in total. The van der Waals surface area contributed by atoms with E-state index in [1.807, 2.05) is 30.3 Å². The van der Waals surface area contributed by atoms with Gasteiger partial charge >= 0.3 is 12.0 Å². The summed E-state index contributed by atoms with van der Waals surface area (Å²) < 4.78 is 10.5. The molecule has 2 aromatic rings. The molecule has 1 saturated carbocycles. The number of rotatable bonds is 4. The third-order valence-corrected chi connectivity index (χ3v) is 4.85. The first-order valence-corrected chi connectivity index (χ1v) is 8.56. The number of ether oxygens (including phenoxy) is 1. The number of nitrogens with zero attached hydrogens (tertiary/aromatic N) is 3. The normalized spacial score (nSPS) is 22.3. The third kappa shape index (κ3) is 2.45. The van der Waals surface area contributed by atoms with Gasteiger partial charge < -0.3 is 14.6 Å². The molecule has 2 amide bonds. The van der Waals surface area contributed by atoms with Crippen LogP contribution < -0.4 is 5.32 Å². The number of aromatic nitrogens is 2. The number of urea groups is 1. The molecule has 1 atom stereocenters. The van der Waals surface area contributed by atoms with Crippen LogP contribution in [0.4, 0.5) is 4.79 Å². The molecule has 1 aromatic heterocycles. The molecule has 0 radical (unpaired) electrons. The van der Waals surface area contributed by atoms with Crippen molar-refractivity contribution in [2.24, 2.45) is 0 Å². The summed E-state index contributed by atoms with van der Waals surface area (Å²) in [5.41, 5.74) is 1.84. The molecule has 3 aliphatic rings. The van der Waals surface area contributed by atoms with Crippen LogP contribution in [0.1, 0.15) is 42.1 Å². The second kappa shape index (κ2) is 5.69. The van der Waals surface area contributed by atoms with Crippen molar-refractivity contribution in [1.29, 1.82) is 0 Å². The number of hydrogen-bond donors (Lipinski definition) is 1. The lowest BCUT2D eigenvalue weighted by Gasteiger charge is -2.32. The summed E-state index contributed by atoms with van der Waals surface area (Å²) in [7, 11) is 0. The molecule has 3 heterocycles. The Kier molecular flexibility index (Phi) is 3.31. The summed E-state index contributed by atoms with van der Waals surface area (Å²) in [6.07, 6.45) is 2.14. The number of benzene rings is 1. The summed E-state index contributed by atoms with van der Waals surface area (Å²) in [4.78, 5) is 30.8. The Morgan fingerprint density at radius 2 is 2.00 bits per heavy atom. The Hall–Kier alpha value is -3.16. The minimum Gasteiger partial charge on any atom is -0.456 e. The van der Waals surface area contributed by atoms with E-state index in [4.69, 9.17) is 9.26 Å². The topological polar surface area (TPSA) is 97.6 Å². The van der Waals surface area contributed by atoms with E-state index in [2.05, 4.69) is 15.5 Å². The summed E-state index contributed by atoms with van der Waals surface area (Å²) in [5.74, 6) is 0.998. The number of nitrogens with one attached hydrogen (secondary N) is 1. The van der Waals surface area contributed by atoms with Crippen LogP contribution >= 0.6 is 0 Å². The van der Waals surface area contributed by atoms with Crippen molar-refractivity contribution in [1.82, 2.24) is 20.4 Å². The maximum absolute atomic E-state index is 12.7. The zero-order valence-corrected chi connectivity index (χ0v) is 13.8. The number of amides is 2. The van der Waals surface area contributed by atoms with Gasteiger partial charge in [-0.3, -0.25) is 4.90 Å². The van der Waals surface area contributed by atoms with Crippen LogP contribution in [0.25, 0.3) is 0 Å². The van der Waals surface area contributed by atoms with Gasteiger partial charge in [-0.15, -0.1) is 0 Å². The number of esters is 1. The highest BCUT2D eigenvalue weighted by molar-refractivity contribution is 5.97. The van der Waals surface area contributed by atoms with E-state index >= 15 is 0 Å². The highest BCUT2D eigenvalue weighted by Gasteiger charge is 2.42.